The molecule has 0 bridgehead atoms. The van der Waals surface area contributed by atoms with Crippen molar-refractivity contribution in [1.82, 2.24) is 19.9 Å². The molecule has 1 aliphatic carbocycles. The van der Waals surface area contributed by atoms with Gasteiger partial charge >= 0.3 is 0 Å². The lowest BCUT2D eigenvalue weighted by molar-refractivity contribution is 0.135. The number of H-pyrrole nitrogens is 1. The van der Waals surface area contributed by atoms with Crippen LogP contribution in [0.15, 0.2) is 41.3 Å². The molecule has 1 saturated heterocycles. The normalized spacial score (nSPS) is 22.4. The highest BCUT2D eigenvalue weighted by Gasteiger charge is 2.43. The van der Waals surface area contributed by atoms with Crippen LogP contribution in [-0.4, -0.2) is 32.9 Å². The average molecular weight is 360 g/mol. The molecule has 1 aromatic carbocycles. The highest BCUT2D eigenvalue weighted by Crippen LogP contribution is 2.43. The van der Waals surface area contributed by atoms with Gasteiger partial charge in [-0.15, -0.1) is 0 Å². The Bertz CT molecular complexity index is 1070. The molecule has 2 aromatic heterocycles. The Morgan fingerprint density at radius 1 is 1.26 bits per heavy atom. The fourth-order valence-corrected chi connectivity index (χ4v) is 4.97. The van der Waals surface area contributed by atoms with Gasteiger partial charge in [0, 0.05) is 47.4 Å². The molecule has 138 valence electrons. The third-order valence-corrected chi connectivity index (χ3v) is 6.20. The molecule has 1 aliphatic heterocycles. The van der Waals surface area contributed by atoms with Crippen LogP contribution in [0.4, 0.5) is 0 Å². The summed E-state index contributed by atoms with van der Waals surface area (Å²) in [6.07, 6.45) is 6.62. The van der Waals surface area contributed by atoms with Crippen LogP contribution in [0.25, 0.3) is 10.9 Å². The van der Waals surface area contributed by atoms with E-state index >= 15 is 0 Å². The van der Waals surface area contributed by atoms with E-state index in [-0.39, 0.29) is 10.8 Å². The number of rotatable bonds is 2. The van der Waals surface area contributed by atoms with E-state index in [1.54, 1.807) is 6.07 Å². The number of piperidine rings is 1. The lowest BCUT2D eigenvalue weighted by Crippen LogP contribution is -2.45. The number of aromatic amines is 1. The molecule has 0 saturated carbocycles. The average Bonchev–Trinajstić information content (AvgIpc) is 2.99. The number of pyridine rings is 1. The van der Waals surface area contributed by atoms with Crippen LogP contribution in [-0.2, 0) is 18.4 Å². The highest BCUT2D eigenvalue weighted by atomic mass is 16.1. The molecule has 27 heavy (non-hydrogen) atoms. The molecule has 1 unspecified atom stereocenters. The van der Waals surface area contributed by atoms with Crippen LogP contribution >= 0.6 is 0 Å². The number of para-hydroxylation sites is 1. The third-order valence-electron chi connectivity index (χ3n) is 6.20. The molecular weight excluding hydrogens is 336 g/mol. The highest BCUT2D eigenvalue weighted by molar-refractivity contribution is 5.78. The second-order valence-corrected chi connectivity index (χ2v) is 8.09. The summed E-state index contributed by atoms with van der Waals surface area (Å²) in [6, 6.07) is 9.50. The predicted molar refractivity (Wildman–Crippen MR) is 106 cm³/mol. The van der Waals surface area contributed by atoms with Crippen molar-refractivity contribution in [3.8, 4) is 0 Å². The Hall–Kier alpha value is -2.53. The molecule has 1 fully saturated rings. The van der Waals surface area contributed by atoms with Crippen LogP contribution in [0.2, 0.25) is 0 Å². The summed E-state index contributed by atoms with van der Waals surface area (Å²) in [6.45, 7) is 4.83. The fourth-order valence-electron chi connectivity index (χ4n) is 4.97. The number of aromatic nitrogens is 3. The molecule has 0 amide bonds. The first-order valence-electron chi connectivity index (χ1n) is 9.79. The minimum Gasteiger partial charge on any atom is -0.357 e. The summed E-state index contributed by atoms with van der Waals surface area (Å²) in [5, 5.41) is 0.758. The van der Waals surface area contributed by atoms with Gasteiger partial charge in [0.2, 0.25) is 0 Å². The molecule has 5 nitrogen and oxygen atoms in total. The lowest BCUT2D eigenvalue weighted by Gasteiger charge is -2.40. The third kappa shape index (κ3) is 2.86. The van der Waals surface area contributed by atoms with Crippen molar-refractivity contribution in [1.29, 1.82) is 0 Å². The molecule has 1 spiro atoms. The molecular formula is C22H24N4O. The van der Waals surface area contributed by atoms with E-state index in [0.717, 1.165) is 54.9 Å². The number of benzene rings is 1. The van der Waals surface area contributed by atoms with Crippen LogP contribution in [0.1, 0.15) is 42.0 Å². The first-order chi connectivity index (χ1) is 13.1. The Kier molecular flexibility index (Phi) is 3.86. The number of hydrogen-bond acceptors (Lipinski definition) is 4. The number of hydrogen-bond donors (Lipinski definition) is 1. The summed E-state index contributed by atoms with van der Waals surface area (Å²) in [5.74, 6) is 0.867. The molecule has 1 N–H and O–H groups in total. The smallest absolute Gasteiger partial charge is 0.189 e. The molecule has 3 heterocycles. The molecule has 0 radical (unpaired) electrons. The minimum atomic E-state index is 0.0978. The number of nitrogens with one attached hydrogen (secondary N) is 1. The SMILES string of the molecule is Cc1ncc2c(n1)C1(CCCN(Cc3cc(=O)c4ccccc4[nH]3)C1)CC2. The maximum absolute atomic E-state index is 12.4. The van der Waals surface area contributed by atoms with Gasteiger partial charge in [-0.1, -0.05) is 12.1 Å². The van der Waals surface area contributed by atoms with Gasteiger partial charge in [0.25, 0.3) is 0 Å². The van der Waals surface area contributed by atoms with Crippen LogP contribution in [0.5, 0.6) is 0 Å². The van der Waals surface area contributed by atoms with Gasteiger partial charge < -0.3 is 4.98 Å². The van der Waals surface area contributed by atoms with Crippen LogP contribution in [0.3, 0.4) is 0 Å². The first-order valence-corrected chi connectivity index (χ1v) is 9.79. The number of nitrogens with zero attached hydrogens (tertiary/aromatic N) is 3. The van der Waals surface area contributed by atoms with Gasteiger partial charge in [0.15, 0.2) is 5.43 Å². The van der Waals surface area contributed by atoms with E-state index in [1.165, 1.54) is 24.1 Å². The van der Waals surface area contributed by atoms with Crippen molar-refractivity contribution in [3.63, 3.8) is 0 Å². The second kappa shape index (κ2) is 6.27. The van der Waals surface area contributed by atoms with Gasteiger partial charge in [-0.05, 0) is 56.8 Å². The van der Waals surface area contributed by atoms with Gasteiger partial charge in [-0.2, -0.15) is 0 Å². The Labute approximate surface area is 158 Å². The number of aryl methyl sites for hydroxylation is 2. The zero-order valence-corrected chi connectivity index (χ0v) is 15.7. The van der Waals surface area contributed by atoms with Gasteiger partial charge in [-0.25, -0.2) is 9.97 Å². The van der Waals surface area contributed by atoms with Crippen molar-refractivity contribution in [2.75, 3.05) is 13.1 Å². The van der Waals surface area contributed by atoms with E-state index in [0.29, 0.717) is 0 Å². The van der Waals surface area contributed by atoms with E-state index in [1.807, 2.05) is 37.4 Å². The Morgan fingerprint density at radius 3 is 3.07 bits per heavy atom. The van der Waals surface area contributed by atoms with Crippen molar-refractivity contribution in [2.45, 2.75) is 44.6 Å². The fraction of sp³-hybridized carbons (Fsp3) is 0.409. The molecule has 5 heteroatoms. The van der Waals surface area contributed by atoms with E-state index < -0.39 is 0 Å². The van der Waals surface area contributed by atoms with E-state index in [2.05, 4.69) is 14.9 Å². The van der Waals surface area contributed by atoms with E-state index in [9.17, 15) is 4.79 Å². The molecule has 5 rings (SSSR count). The topological polar surface area (TPSA) is 61.9 Å². The summed E-state index contributed by atoms with van der Waals surface area (Å²) >= 11 is 0. The van der Waals surface area contributed by atoms with Gasteiger partial charge in [0.1, 0.15) is 5.82 Å². The van der Waals surface area contributed by atoms with Crippen molar-refractivity contribution < 1.29 is 0 Å². The van der Waals surface area contributed by atoms with Gasteiger partial charge in [0.05, 0.1) is 5.69 Å². The summed E-state index contributed by atoms with van der Waals surface area (Å²) < 4.78 is 0. The zero-order chi connectivity index (χ0) is 18.4. The van der Waals surface area contributed by atoms with Crippen molar-refractivity contribution in [3.05, 3.63) is 69.5 Å². The zero-order valence-electron chi connectivity index (χ0n) is 15.7. The van der Waals surface area contributed by atoms with E-state index in [4.69, 9.17) is 4.98 Å². The maximum Gasteiger partial charge on any atom is 0.189 e. The van der Waals surface area contributed by atoms with Crippen LogP contribution < -0.4 is 5.43 Å². The van der Waals surface area contributed by atoms with Crippen molar-refractivity contribution in [2.24, 2.45) is 0 Å². The summed E-state index contributed by atoms with van der Waals surface area (Å²) in [7, 11) is 0. The minimum absolute atomic E-state index is 0.0978. The Morgan fingerprint density at radius 2 is 2.15 bits per heavy atom. The monoisotopic (exact) mass is 360 g/mol. The second-order valence-electron chi connectivity index (χ2n) is 8.09. The van der Waals surface area contributed by atoms with Crippen molar-refractivity contribution >= 4 is 10.9 Å². The Balaban J connectivity index is 1.43. The molecule has 2 aliphatic rings. The standard InChI is InChI=1S/C22H24N4O/c1-15-23-12-16-7-9-22(21(16)24-15)8-4-10-26(14-22)13-17-11-20(27)18-5-2-3-6-19(18)25-17/h2-3,5-6,11-12H,4,7-10,13-14H2,1H3,(H,25,27). The number of fused-ring (bicyclic) bond motifs is 3. The quantitative estimate of drug-likeness (QED) is 0.763. The predicted octanol–water partition coefficient (Wildman–Crippen LogP) is 3.11. The maximum atomic E-state index is 12.4. The first kappa shape index (κ1) is 16.6. The number of likely N-dealkylation sites (tertiary alicyclic amines) is 1. The molecule has 1 atom stereocenters. The van der Waals surface area contributed by atoms with Gasteiger partial charge in [-0.3, -0.25) is 9.69 Å². The molecule has 3 aromatic rings. The largest absolute Gasteiger partial charge is 0.357 e. The lowest BCUT2D eigenvalue weighted by atomic mass is 9.77. The summed E-state index contributed by atoms with van der Waals surface area (Å²) in [5.41, 5.74) is 4.75. The summed E-state index contributed by atoms with van der Waals surface area (Å²) in [4.78, 5) is 27.6. The van der Waals surface area contributed by atoms with Crippen LogP contribution in [0, 0.1) is 6.92 Å².